The quantitative estimate of drug-likeness (QED) is 0.545. The molecular weight excluding hydrogens is 349 g/mol. The largest absolute Gasteiger partial charge is 0.486 e. The van der Waals surface area contributed by atoms with E-state index in [9.17, 15) is 9.18 Å². The number of furan rings is 1. The van der Waals surface area contributed by atoms with E-state index in [2.05, 4.69) is 15.3 Å². The van der Waals surface area contributed by atoms with Crippen molar-refractivity contribution in [3.05, 3.63) is 83.8 Å². The van der Waals surface area contributed by atoms with Crippen molar-refractivity contribution in [2.45, 2.75) is 13.2 Å². The van der Waals surface area contributed by atoms with E-state index in [1.165, 1.54) is 24.3 Å². The van der Waals surface area contributed by atoms with Gasteiger partial charge in [0.05, 0.1) is 17.6 Å². The Balaban J connectivity index is 1.33. The lowest BCUT2D eigenvalue weighted by atomic mass is 10.3. The molecule has 4 rings (SSSR count). The lowest BCUT2D eigenvalue weighted by Crippen LogP contribution is -2.22. The summed E-state index contributed by atoms with van der Waals surface area (Å²) in [7, 11) is 0. The predicted octanol–water partition coefficient (Wildman–Crippen LogP) is 3.80. The van der Waals surface area contributed by atoms with Gasteiger partial charge in [-0.05, 0) is 48.5 Å². The third-order valence-electron chi connectivity index (χ3n) is 3.93. The number of aromatic nitrogens is 2. The summed E-state index contributed by atoms with van der Waals surface area (Å²) in [5.41, 5.74) is 1.76. The molecule has 0 aliphatic heterocycles. The Morgan fingerprint density at radius 3 is 2.74 bits per heavy atom. The summed E-state index contributed by atoms with van der Waals surface area (Å²) in [5.74, 6) is 1.18. The number of halogens is 1. The van der Waals surface area contributed by atoms with Gasteiger partial charge in [-0.1, -0.05) is 12.1 Å². The van der Waals surface area contributed by atoms with Gasteiger partial charge in [0.2, 0.25) is 0 Å². The minimum absolute atomic E-state index is 0.141. The fourth-order valence-electron chi connectivity index (χ4n) is 2.60. The summed E-state index contributed by atoms with van der Waals surface area (Å²) in [6.45, 7) is 0.401. The van der Waals surface area contributed by atoms with Crippen LogP contribution in [0.25, 0.3) is 11.0 Å². The number of carbonyl (C=O) groups is 1. The van der Waals surface area contributed by atoms with Gasteiger partial charge in [-0.25, -0.2) is 9.37 Å². The van der Waals surface area contributed by atoms with Gasteiger partial charge in [0.25, 0.3) is 5.91 Å². The lowest BCUT2D eigenvalue weighted by molar-refractivity contribution is 0.0918. The first-order chi connectivity index (χ1) is 13.2. The summed E-state index contributed by atoms with van der Waals surface area (Å²) < 4.78 is 23.9. The molecule has 2 heterocycles. The molecule has 1 amide bonds. The molecule has 0 atom stereocenters. The number of aromatic amines is 1. The van der Waals surface area contributed by atoms with Crippen molar-refractivity contribution >= 4 is 16.9 Å². The summed E-state index contributed by atoms with van der Waals surface area (Å²) in [4.78, 5) is 19.8. The molecule has 7 heteroatoms. The van der Waals surface area contributed by atoms with Gasteiger partial charge in [0.15, 0.2) is 5.76 Å². The number of benzene rings is 2. The lowest BCUT2D eigenvalue weighted by Gasteiger charge is -2.04. The van der Waals surface area contributed by atoms with Crippen LogP contribution in [0.1, 0.15) is 22.1 Å². The standard InChI is InChI=1S/C20H16FN3O3/c21-13-5-7-14(8-6-13)26-12-15-9-10-18(27-15)20(25)22-11-19-23-16-3-1-2-4-17(16)24-19/h1-10H,11-12H2,(H,22,25)(H,23,24). The van der Waals surface area contributed by atoms with Crippen molar-refractivity contribution in [1.82, 2.24) is 15.3 Å². The first kappa shape index (κ1) is 16.8. The van der Waals surface area contributed by atoms with E-state index >= 15 is 0 Å². The molecule has 0 spiro atoms. The predicted molar refractivity (Wildman–Crippen MR) is 96.7 cm³/mol. The highest BCUT2D eigenvalue weighted by Crippen LogP contribution is 2.15. The molecule has 2 N–H and O–H groups in total. The molecule has 0 aliphatic carbocycles. The van der Waals surface area contributed by atoms with E-state index < -0.39 is 0 Å². The number of ether oxygens (including phenoxy) is 1. The van der Waals surface area contributed by atoms with Crippen LogP contribution in [0.3, 0.4) is 0 Å². The number of nitrogens with zero attached hydrogens (tertiary/aromatic N) is 1. The van der Waals surface area contributed by atoms with Gasteiger partial charge in [-0.15, -0.1) is 0 Å². The van der Waals surface area contributed by atoms with E-state index in [0.717, 1.165) is 11.0 Å². The van der Waals surface area contributed by atoms with Gasteiger partial charge in [-0.2, -0.15) is 0 Å². The van der Waals surface area contributed by atoms with Crippen molar-refractivity contribution in [2.24, 2.45) is 0 Å². The number of carbonyl (C=O) groups excluding carboxylic acids is 1. The summed E-state index contributed by atoms with van der Waals surface area (Å²) in [6.07, 6.45) is 0. The van der Waals surface area contributed by atoms with Crippen molar-refractivity contribution in [1.29, 1.82) is 0 Å². The van der Waals surface area contributed by atoms with Crippen molar-refractivity contribution in [3.8, 4) is 5.75 Å². The molecule has 2 aromatic heterocycles. The SMILES string of the molecule is O=C(NCc1nc2ccccc2[nH]1)c1ccc(COc2ccc(F)cc2)o1. The average molecular weight is 365 g/mol. The fraction of sp³-hybridized carbons (Fsp3) is 0.100. The average Bonchev–Trinajstić information content (AvgIpc) is 3.32. The molecule has 4 aromatic rings. The first-order valence-corrected chi connectivity index (χ1v) is 8.36. The molecule has 0 unspecified atom stereocenters. The molecule has 136 valence electrons. The second kappa shape index (κ2) is 7.33. The number of fused-ring (bicyclic) bond motifs is 1. The maximum Gasteiger partial charge on any atom is 0.287 e. The monoisotopic (exact) mass is 365 g/mol. The van der Waals surface area contributed by atoms with Crippen LogP contribution in [0.5, 0.6) is 5.75 Å². The Labute approximate surface area is 154 Å². The zero-order valence-electron chi connectivity index (χ0n) is 14.2. The van der Waals surface area contributed by atoms with E-state index in [1.807, 2.05) is 24.3 Å². The van der Waals surface area contributed by atoms with Crippen molar-refractivity contribution < 1.29 is 18.3 Å². The van der Waals surface area contributed by atoms with Gasteiger partial charge in [0.1, 0.15) is 29.8 Å². The topological polar surface area (TPSA) is 80.2 Å². The molecule has 0 radical (unpaired) electrons. The third-order valence-corrected chi connectivity index (χ3v) is 3.93. The molecule has 6 nitrogen and oxygen atoms in total. The fourth-order valence-corrected chi connectivity index (χ4v) is 2.60. The normalized spacial score (nSPS) is 10.9. The van der Waals surface area contributed by atoms with E-state index in [-0.39, 0.29) is 30.6 Å². The van der Waals surface area contributed by atoms with Gasteiger partial charge < -0.3 is 19.5 Å². The maximum absolute atomic E-state index is 12.9. The minimum Gasteiger partial charge on any atom is -0.486 e. The summed E-state index contributed by atoms with van der Waals surface area (Å²) in [5, 5.41) is 2.76. The Morgan fingerprint density at radius 2 is 1.93 bits per heavy atom. The maximum atomic E-state index is 12.9. The van der Waals surface area contributed by atoms with Crippen molar-refractivity contribution in [3.63, 3.8) is 0 Å². The van der Waals surface area contributed by atoms with Crippen LogP contribution in [0, 0.1) is 5.82 Å². The highest BCUT2D eigenvalue weighted by atomic mass is 19.1. The zero-order valence-corrected chi connectivity index (χ0v) is 14.2. The molecule has 0 saturated carbocycles. The Morgan fingerprint density at radius 1 is 1.11 bits per heavy atom. The Bertz CT molecular complexity index is 1040. The smallest absolute Gasteiger partial charge is 0.287 e. The van der Waals surface area contributed by atoms with Crippen LogP contribution >= 0.6 is 0 Å². The first-order valence-electron chi connectivity index (χ1n) is 8.36. The van der Waals surface area contributed by atoms with Gasteiger partial charge >= 0.3 is 0 Å². The molecule has 0 bridgehead atoms. The zero-order chi connectivity index (χ0) is 18.6. The second-order valence-electron chi connectivity index (χ2n) is 5.89. The number of amides is 1. The van der Waals surface area contributed by atoms with Crippen LogP contribution in [-0.2, 0) is 13.2 Å². The van der Waals surface area contributed by atoms with Crippen molar-refractivity contribution in [2.75, 3.05) is 0 Å². The van der Waals surface area contributed by atoms with Gasteiger partial charge in [0, 0.05) is 0 Å². The molecule has 27 heavy (non-hydrogen) atoms. The van der Waals surface area contributed by atoms with E-state index in [1.54, 1.807) is 12.1 Å². The van der Waals surface area contributed by atoms with Crippen LogP contribution in [0.15, 0.2) is 65.1 Å². The number of para-hydroxylation sites is 2. The highest BCUT2D eigenvalue weighted by Gasteiger charge is 2.12. The van der Waals surface area contributed by atoms with Gasteiger partial charge in [-0.3, -0.25) is 4.79 Å². The molecule has 0 saturated heterocycles. The number of hydrogen-bond donors (Lipinski definition) is 2. The Kier molecular flexibility index (Phi) is 4.57. The number of hydrogen-bond acceptors (Lipinski definition) is 4. The van der Waals surface area contributed by atoms with E-state index in [0.29, 0.717) is 17.3 Å². The molecular formula is C20H16FN3O3. The minimum atomic E-state index is -0.344. The Hall–Kier alpha value is -3.61. The van der Waals surface area contributed by atoms with Crippen LogP contribution in [0.2, 0.25) is 0 Å². The molecule has 0 fully saturated rings. The molecule has 0 aliphatic rings. The van der Waals surface area contributed by atoms with Crippen LogP contribution < -0.4 is 10.1 Å². The highest BCUT2D eigenvalue weighted by molar-refractivity contribution is 5.91. The number of H-pyrrole nitrogens is 1. The number of nitrogens with one attached hydrogen (secondary N) is 2. The van der Waals surface area contributed by atoms with E-state index in [4.69, 9.17) is 9.15 Å². The second-order valence-corrected chi connectivity index (χ2v) is 5.89. The summed E-state index contributed by atoms with van der Waals surface area (Å²) >= 11 is 0. The van der Waals surface area contributed by atoms with Crippen LogP contribution in [-0.4, -0.2) is 15.9 Å². The van der Waals surface area contributed by atoms with Crippen LogP contribution in [0.4, 0.5) is 4.39 Å². The number of imidazole rings is 1. The molecule has 2 aromatic carbocycles. The summed E-state index contributed by atoms with van der Waals surface area (Å²) in [6, 6.07) is 16.6. The number of rotatable bonds is 6. The third kappa shape index (κ3) is 3.98.